The van der Waals surface area contributed by atoms with Crippen LogP contribution in [0.5, 0.6) is 0 Å². The number of carbonyl (C=O) groups excluding carboxylic acids is 6. The van der Waals surface area contributed by atoms with Crippen LogP contribution in [0.2, 0.25) is 0 Å². The number of hydrogen-bond acceptors (Lipinski definition) is 18. The Hall–Kier alpha value is -7.24. The number of halogens is 7. The van der Waals surface area contributed by atoms with E-state index in [9.17, 15) is 59.5 Å². The molecule has 0 atom stereocenters. The molecular formula is C48H47B6F7O18. The first-order chi connectivity index (χ1) is 36.5. The maximum atomic E-state index is 13.1. The minimum absolute atomic E-state index is 0.0334. The van der Waals surface area contributed by atoms with Gasteiger partial charge in [0.1, 0.15) is 29.1 Å². The molecule has 6 aromatic rings. The summed E-state index contributed by atoms with van der Waals surface area (Å²) in [4.78, 5) is 64.7. The van der Waals surface area contributed by atoms with Crippen molar-refractivity contribution in [3.63, 3.8) is 0 Å². The summed E-state index contributed by atoms with van der Waals surface area (Å²) in [6, 6.07) is 20.9. The Morgan fingerprint density at radius 2 is 0.722 bits per heavy atom. The van der Waals surface area contributed by atoms with Crippen LogP contribution in [0.1, 0.15) is 104 Å². The van der Waals surface area contributed by atoms with E-state index in [4.69, 9.17) is 60.3 Å². The van der Waals surface area contributed by atoms with Gasteiger partial charge in [0, 0.05) is 33.2 Å². The zero-order valence-corrected chi connectivity index (χ0v) is 42.2. The van der Waals surface area contributed by atoms with Crippen LogP contribution in [0.4, 0.5) is 30.7 Å². The van der Waals surface area contributed by atoms with E-state index in [1.165, 1.54) is 51.1 Å². The van der Waals surface area contributed by atoms with Gasteiger partial charge in [-0.15, -0.1) is 0 Å². The minimum atomic E-state index is -2.23. The second-order valence-electron chi connectivity index (χ2n) is 16.1. The third kappa shape index (κ3) is 22.2. The highest BCUT2D eigenvalue weighted by molar-refractivity contribution is 6.60. The largest absolute Gasteiger partial charge is 0.494 e. The number of hydrogen-bond donors (Lipinski definition) is 12. The molecule has 6 rings (SSSR count). The number of benzene rings is 6. The molecule has 12 N–H and O–H groups in total. The SMILES string of the molecule is CC(=O)c1c(F)cc(B(O)O)cc1F.CC(=O)c1cc(F)c(B(O)O)c(F)c1.CC(=O)c1ccc(B(O)O)c(F)c1.CC(=O)c1ccc(B(O)O)c(F)c1F.CC(=O)c1ccc(B(O)O)cc1.CC(=O)c1cccc(B(O)O)c1. The summed E-state index contributed by atoms with van der Waals surface area (Å²) in [6.07, 6.45) is 0. The molecule has 6 aromatic carbocycles. The molecule has 0 aliphatic heterocycles. The first kappa shape index (κ1) is 69.8. The monoisotopic (exact) mass is 1110 g/mol. The molecule has 0 saturated heterocycles. The van der Waals surface area contributed by atoms with Crippen LogP contribution < -0.4 is 32.8 Å². The molecule has 0 aliphatic rings. The molecule has 0 spiro atoms. The van der Waals surface area contributed by atoms with Crippen molar-refractivity contribution >= 4 is 110 Å². The van der Waals surface area contributed by atoms with Crippen molar-refractivity contribution in [2.24, 2.45) is 0 Å². The Bertz CT molecular complexity index is 3070. The van der Waals surface area contributed by atoms with Crippen molar-refractivity contribution in [1.82, 2.24) is 0 Å². The molecule has 414 valence electrons. The normalized spacial score (nSPS) is 9.89. The molecule has 0 bridgehead atoms. The van der Waals surface area contributed by atoms with E-state index >= 15 is 0 Å². The molecular weight excluding hydrogens is 1060 g/mol. The van der Waals surface area contributed by atoms with Gasteiger partial charge in [-0.25, -0.2) is 30.7 Å². The van der Waals surface area contributed by atoms with Crippen LogP contribution in [0.25, 0.3) is 0 Å². The summed E-state index contributed by atoms with van der Waals surface area (Å²) in [5.74, 6) is -10.3. The van der Waals surface area contributed by atoms with E-state index in [0.717, 1.165) is 51.1 Å². The first-order valence-electron chi connectivity index (χ1n) is 22.2. The molecule has 79 heavy (non-hydrogen) atoms. The van der Waals surface area contributed by atoms with E-state index in [1.54, 1.807) is 30.3 Å². The summed E-state index contributed by atoms with van der Waals surface area (Å²) in [5, 5.41) is 104. The van der Waals surface area contributed by atoms with Crippen molar-refractivity contribution in [1.29, 1.82) is 0 Å². The van der Waals surface area contributed by atoms with Gasteiger partial charge in [0.05, 0.1) is 16.6 Å². The van der Waals surface area contributed by atoms with E-state index in [-0.39, 0.29) is 39.4 Å². The third-order valence-corrected chi connectivity index (χ3v) is 10.1. The van der Waals surface area contributed by atoms with Gasteiger partial charge in [-0.1, -0.05) is 66.7 Å². The lowest BCUT2D eigenvalue weighted by Crippen LogP contribution is -2.36. The summed E-state index contributed by atoms with van der Waals surface area (Å²) in [7, 11) is -11.1. The Morgan fingerprint density at radius 1 is 0.316 bits per heavy atom. The van der Waals surface area contributed by atoms with Crippen LogP contribution in [0.15, 0.2) is 103 Å². The first-order valence-corrected chi connectivity index (χ1v) is 22.2. The molecule has 0 amide bonds. The molecule has 31 heteroatoms. The van der Waals surface area contributed by atoms with Crippen molar-refractivity contribution < 1.29 is 120 Å². The molecule has 0 fully saturated rings. The highest BCUT2D eigenvalue weighted by Crippen LogP contribution is 2.13. The van der Waals surface area contributed by atoms with Gasteiger partial charge in [0.25, 0.3) is 0 Å². The van der Waals surface area contributed by atoms with E-state index in [0.29, 0.717) is 34.2 Å². The van der Waals surface area contributed by atoms with Crippen LogP contribution >= 0.6 is 0 Å². The topological polar surface area (TPSA) is 345 Å². The summed E-state index contributed by atoms with van der Waals surface area (Å²) in [5.41, 5.74) is -1.24. The fraction of sp³-hybridized carbons (Fsp3) is 0.125. The summed E-state index contributed by atoms with van der Waals surface area (Å²) in [6.45, 7) is 7.48. The summed E-state index contributed by atoms with van der Waals surface area (Å²) < 4.78 is 91.2. The molecule has 18 nitrogen and oxygen atoms in total. The van der Waals surface area contributed by atoms with Crippen molar-refractivity contribution in [3.8, 4) is 0 Å². The predicted molar refractivity (Wildman–Crippen MR) is 277 cm³/mol. The van der Waals surface area contributed by atoms with Gasteiger partial charge in [-0.2, -0.15) is 0 Å². The number of carbonyl (C=O) groups is 6. The zero-order chi connectivity index (χ0) is 60.9. The highest BCUT2D eigenvalue weighted by Gasteiger charge is 2.25. The highest BCUT2D eigenvalue weighted by atomic mass is 19.2. The van der Waals surface area contributed by atoms with Crippen molar-refractivity contribution in [2.45, 2.75) is 41.5 Å². The Labute approximate surface area is 447 Å². The molecule has 0 aliphatic carbocycles. The quantitative estimate of drug-likeness (QED) is 0.0373. The number of ketones is 6. The van der Waals surface area contributed by atoms with Gasteiger partial charge < -0.3 is 60.3 Å². The van der Waals surface area contributed by atoms with Crippen LogP contribution in [-0.2, 0) is 0 Å². The zero-order valence-electron chi connectivity index (χ0n) is 42.2. The van der Waals surface area contributed by atoms with Gasteiger partial charge in [0.2, 0.25) is 0 Å². The Morgan fingerprint density at radius 3 is 1.09 bits per heavy atom. The maximum Gasteiger partial charge on any atom is 0.494 e. The summed E-state index contributed by atoms with van der Waals surface area (Å²) >= 11 is 0. The van der Waals surface area contributed by atoms with Crippen LogP contribution in [0, 0.1) is 40.7 Å². The van der Waals surface area contributed by atoms with E-state index in [2.05, 4.69) is 0 Å². The molecule has 0 saturated carbocycles. The number of Topliss-reactive ketones (excluding diaryl/α,β-unsaturated/α-hetero) is 6. The molecule has 0 heterocycles. The Balaban J connectivity index is 0.000000475. The lowest BCUT2D eigenvalue weighted by molar-refractivity contribution is 0.0997. The van der Waals surface area contributed by atoms with E-state index < -0.39 is 123 Å². The fourth-order valence-corrected chi connectivity index (χ4v) is 5.91. The second-order valence-corrected chi connectivity index (χ2v) is 16.1. The van der Waals surface area contributed by atoms with Crippen molar-refractivity contribution in [2.75, 3.05) is 0 Å². The smallest absolute Gasteiger partial charge is 0.423 e. The lowest BCUT2D eigenvalue weighted by atomic mass is 9.79. The van der Waals surface area contributed by atoms with E-state index in [1.807, 2.05) is 0 Å². The molecule has 0 unspecified atom stereocenters. The van der Waals surface area contributed by atoms with Gasteiger partial charge >= 0.3 is 42.7 Å². The Kier molecular flexibility index (Phi) is 28.8. The van der Waals surface area contributed by atoms with Gasteiger partial charge in [-0.05, 0) is 94.3 Å². The second kappa shape index (κ2) is 32.6. The molecule has 0 aromatic heterocycles. The van der Waals surface area contributed by atoms with Crippen LogP contribution in [-0.4, -0.2) is 138 Å². The predicted octanol–water partition coefficient (Wildman–Crippen LogP) is -1.61. The van der Waals surface area contributed by atoms with Gasteiger partial charge in [-0.3, -0.25) is 28.8 Å². The minimum Gasteiger partial charge on any atom is -0.423 e. The van der Waals surface area contributed by atoms with Gasteiger partial charge in [0.15, 0.2) is 46.3 Å². The number of rotatable bonds is 12. The standard InChI is InChI=1S/3C8H7BF2O3.C8H8BFO3.2C8H9BO3/c1-4(12)8-6(10)2-5(9(13)14)3-7(8)11;1-4(12)5-2-6(10)8(9(13)14)7(11)3-5;1-4(12)5-2-3-6(9(13)14)8(11)7(5)10;1-5(11)6-2-3-7(9(12)13)8(10)4-6;1-6(10)7-2-4-8(5-3-7)9(11)12;1-6(10)7-3-2-4-8(5-7)9(11)12/h3*2-3,13-14H,1H3;2-4,12-13H,1H3;2*2-5,11-12H,1H3. The van der Waals surface area contributed by atoms with Crippen molar-refractivity contribution in [3.05, 3.63) is 177 Å². The van der Waals surface area contributed by atoms with Crippen LogP contribution in [0.3, 0.4) is 0 Å². The lowest BCUT2D eigenvalue weighted by Gasteiger charge is -2.05. The maximum absolute atomic E-state index is 13.1. The third-order valence-electron chi connectivity index (χ3n) is 10.1. The fourth-order valence-electron chi connectivity index (χ4n) is 5.91. The average Bonchev–Trinajstić information content (AvgIpc) is 3.34. The molecule has 0 radical (unpaired) electrons. The average molecular weight is 1110 g/mol.